The van der Waals surface area contributed by atoms with E-state index in [1.807, 2.05) is 0 Å². The number of H-pyrrole nitrogens is 1. The molecule has 0 unspecified atom stereocenters. The van der Waals surface area contributed by atoms with Gasteiger partial charge in [-0.05, 0) is 66.5 Å². The van der Waals surface area contributed by atoms with Gasteiger partial charge in [-0.25, -0.2) is 4.98 Å². The van der Waals surface area contributed by atoms with Crippen molar-refractivity contribution in [3.63, 3.8) is 0 Å². The fourth-order valence-corrected chi connectivity index (χ4v) is 3.96. The van der Waals surface area contributed by atoms with Crippen LogP contribution < -0.4 is 0 Å². The summed E-state index contributed by atoms with van der Waals surface area (Å²) in [5.41, 5.74) is 3.87. The predicted octanol–water partition coefficient (Wildman–Crippen LogP) is 5.87. The molecule has 1 saturated carbocycles. The van der Waals surface area contributed by atoms with E-state index in [9.17, 15) is 0 Å². The Hall–Kier alpha value is -1.31. The maximum absolute atomic E-state index is 4.78. The molecule has 0 aliphatic heterocycles. The van der Waals surface area contributed by atoms with E-state index in [4.69, 9.17) is 4.98 Å². The molecular formula is C21H32N2. The van der Waals surface area contributed by atoms with Gasteiger partial charge in [-0.3, -0.25) is 0 Å². The molecule has 126 valence electrons. The average Bonchev–Trinajstić information content (AvgIpc) is 2.81. The number of aromatic nitrogens is 2. The van der Waals surface area contributed by atoms with Crippen LogP contribution in [0.4, 0.5) is 0 Å². The number of rotatable bonds is 5. The zero-order valence-corrected chi connectivity index (χ0v) is 15.4. The molecule has 1 heterocycles. The number of aromatic amines is 1. The van der Waals surface area contributed by atoms with Gasteiger partial charge in [0.05, 0.1) is 11.0 Å². The second-order valence-electron chi connectivity index (χ2n) is 9.04. The van der Waals surface area contributed by atoms with Crippen molar-refractivity contribution in [2.24, 2.45) is 17.8 Å². The van der Waals surface area contributed by atoms with Crippen molar-refractivity contribution in [1.29, 1.82) is 0 Å². The number of hydrogen-bond donors (Lipinski definition) is 1. The van der Waals surface area contributed by atoms with Gasteiger partial charge in [0.25, 0.3) is 0 Å². The second kappa shape index (κ2) is 6.30. The zero-order valence-electron chi connectivity index (χ0n) is 15.4. The van der Waals surface area contributed by atoms with Gasteiger partial charge in [0, 0.05) is 6.42 Å². The minimum Gasteiger partial charge on any atom is -0.342 e. The molecule has 1 N–H and O–H groups in total. The van der Waals surface area contributed by atoms with Crippen LogP contribution in [0, 0.1) is 17.8 Å². The number of benzene rings is 1. The molecule has 2 heteroatoms. The largest absolute Gasteiger partial charge is 0.342 e. The van der Waals surface area contributed by atoms with E-state index in [2.05, 4.69) is 57.8 Å². The molecule has 1 aromatic heterocycles. The molecule has 3 rings (SSSR count). The third-order valence-electron chi connectivity index (χ3n) is 5.32. The number of hydrogen-bond acceptors (Lipinski definition) is 1. The third kappa shape index (κ3) is 3.97. The summed E-state index contributed by atoms with van der Waals surface area (Å²) in [5, 5.41) is 0. The molecule has 1 fully saturated rings. The van der Waals surface area contributed by atoms with E-state index >= 15 is 0 Å². The number of fused-ring (bicyclic) bond motifs is 1. The van der Waals surface area contributed by atoms with E-state index in [0.29, 0.717) is 0 Å². The zero-order chi connectivity index (χ0) is 16.6. The Morgan fingerprint density at radius 1 is 1.17 bits per heavy atom. The Balaban J connectivity index is 1.57. The summed E-state index contributed by atoms with van der Waals surface area (Å²) < 4.78 is 0. The molecule has 2 aromatic rings. The third-order valence-corrected chi connectivity index (χ3v) is 5.32. The molecule has 1 aliphatic rings. The Morgan fingerprint density at radius 2 is 1.91 bits per heavy atom. The van der Waals surface area contributed by atoms with Crippen LogP contribution in [0.5, 0.6) is 0 Å². The van der Waals surface area contributed by atoms with Crippen LogP contribution >= 0.6 is 0 Å². The fraction of sp³-hybridized carbons (Fsp3) is 0.667. The summed E-state index contributed by atoms with van der Waals surface area (Å²) in [6.07, 6.45) is 6.68. The van der Waals surface area contributed by atoms with Crippen molar-refractivity contribution in [2.75, 3.05) is 0 Å². The molecule has 0 spiro atoms. The Morgan fingerprint density at radius 3 is 2.57 bits per heavy atom. The van der Waals surface area contributed by atoms with Gasteiger partial charge in [-0.15, -0.1) is 0 Å². The van der Waals surface area contributed by atoms with Crippen LogP contribution in [-0.2, 0) is 11.8 Å². The highest BCUT2D eigenvalue weighted by Crippen LogP contribution is 2.40. The molecule has 0 saturated heterocycles. The van der Waals surface area contributed by atoms with Gasteiger partial charge >= 0.3 is 0 Å². The lowest BCUT2D eigenvalue weighted by molar-refractivity contribution is 0.155. The topological polar surface area (TPSA) is 28.7 Å². The monoisotopic (exact) mass is 312 g/mol. The number of nitrogens with one attached hydrogen (secondary N) is 1. The van der Waals surface area contributed by atoms with Gasteiger partial charge in [0.15, 0.2) is 0 Å². The van der Waals surface area contributed by atoms with Crippen LogP contribution in [0.25, 0.3) is 11.0 Å². The first-order chi connectivity index (χ1) is 10.8. The van der Waals surface area contributed by atoms with Crippen LogP contribution in [-0.4, -0.2) is 9.97 Å². The highest BCUT2D eigenvalue weighted by atomic mass is 14.9. The lowest BCUT2D eigenvalue weighted by atomic mass is 9.70. The summed E-state index contributed by atoms with van der Waals surface area (Å²) in [5.74, 6) is 3.94. The first kappa shape index (κ1) is 16.5. The Kier molecular flexibility index (Phi) is 4.53. The van der Waals surface area contributed by atoms with Crippen molar-refractivity contribution in [3.05, 3.63) is 29.6 Å². The van der Waals surface area contributed by atoms with Gasteiger partial charge in [-0.1, -0.05) is 40.7 Å². The molecular weight excluding hydrogens is 280 g/mol. The molecule has 0 radical (unpaired) electrons. The van der Waals surface area contributed by atoms with Gasteiger partial charge in [0.2, 0.25) is 0 Å². The van der Waals surface area contributed by atoms with Crippen molar-refractivity contribution < 1.29 is 0 Å². The van der Waals surface area contributed by atoms with Crippen molar-refractivity contribution >= 4 is 11.0 Å². The van der Waals surface area contributed by atoms with Gasteiger partial charge < -0.3 is 4.98 Å². The van der Waals surface area contributed by atoms with Crippen molar-refractivity contribution in [2.45, 2.75) is 72.1 Å². The second-order valence-corrected chi connectivity index (χ2v) is 9.04. The number of aryl methyl sites for hydroxylation is 1. The average molecular weight is 313 g/mol. The van der Waals surface area contributed by atoms with E-state index in [1.54, 1.807) is 0 Å². The maximum Gasteiger partial charge on any atom is 0.107 e. The van der Waals surface area contributed by atoms with E-state index < -0.39 is 0 Å². The van der Waals surface area contributed by atoms with Crippen LogP contribution in [0.1, 0.15) is 71.7 Å². The van der Waals surface area contributed by atoms with Crippen LogP contribution in [0.2, 0.25) is 0 Å². The normalized spacial score (nSPS) is 21.8. The molecule has 0 bridgehead atoms. The molecule has 23 heavy (non-hydrogen) atoms. The summed E-state index contributed by atoms with van der Waals surface area (Å²) >= 11 is 0. The minimum atomic E-state index is 0.191. The van der Waals surface area contributed by atoms with Crippen LogP contribution in [0.15, 0.2) is 18.2 Å². The SMILES string of the molecule is CC(C)CC1CC(CCc2nc3ccc(C(C)(C)C)cc3[nH]2)C1. The van der Waals surface area contributed by atoms with E-state index in [0.717, 1.165) is 29.7 Å². The number of nitrogens with zero attached hydrogens (tertiary/aromatic N) is 1. The summed E-state index contributed by atoms with van der Waals surface area (Å²) in [6, 6.07) is 6.65. The summed E-state index contributed by atoms with van der Waals surface area (Å²) in [6.45, 7) is 11.5. The lowest BCUT2D eigenvalue weighted by Gasteiger charge is -2.36. The number of imidazole rings is 1. The first-order valence-corrected chi connectivity index (χ1v) is 9.30. The standard InChI is InChI=1S/C21H32N2/c1-14(2)10-16-11-15(12-16)6-9-20-22-18-8-7-17(21(3,4)5)13-19(18)23-20/h7-8,13-16H,6,9-12H2,1-5H3,(H,22,23). The first-order valence-electron chi connectivity index (χ1n) is 9.30. The van der Waals surface area contributed by atoms with Crippen molar-refractivity contribution in [3.8, 4) is 0 Å². The summed E-state index contributed by atoms with van der Waals surface area (Å²) in [4.78, 5) is 8.32. The maximum atomic E-state index is 4.78. The van der Waals surface area contributed by atoms with E-state index in [-0.39, 0.29) is 5.41 Å². The molecule has 0 atom stereocenters. The van der Waals surface area contributed by atoms with Crippen molar-refractivity contribution in [1.82, 2.24) is 9.97 Å². The van der Waals surface area contributed by atoms with Crippen LogP contribution in [0.3, 0.4) is 0 Å². The fourth-order valence-electron chi connectivity index (χ4n) is 3.96. The molecule has 0 amide bonds. The highest BCUT2D eigenvalue weighted by Gasteiger charge is 2.29. The van der Waals surface area contributed by atoms with Gasteiger partial charge in [-0.2, -0.15) is 0 Å². The quantitative estimate of drug-likeness (QED) is 0.735. The van der Waals surface area contributed by atoms with Gasteiger partial charge in [0.1, 0.15) is 5.82 Å². The smallest absolute Gasteiger partial charge is 0.107 e. The molecule has 1 aliphatic carbocycles. The highest BCUT2D eigenvalue weighted by molar-refractivity contribution is 5.76. The molecule has 2 nitrogen and oxygen atoms in total. The molecule has 1 aromatic carbocycles. The lowest BCUT2D eigenvalue weighted by Crippen LogP contribution is -2.25. The van der Waals surface area contributed by atoms with E-state index in [1.165, 1.54) is 42.6 Å². The Labute approximate surface area is 141 Å². The predicted molar refractivity (Wildman–Crippen MR) is 98.8 cm³/mol. The summed E-state index contributed by atoms with van der Waals surface area (Å²) in [7, 11) is 0. The Bertz CT molecular complexity index is 654. The minimum absolute atomic E-state index is 0.191.